The average molecular weight is 342 g/mol. The van der Waals surface area contributed by atoms with Crippen LogP contribution >= 0.6 is 0 Å². The lowest BCUT2D eigenvalue weighted by atomic mass is 9.87. The van der Waals surface area contributed by atoms with Crippen LogP contribution in [0.1, 0.15) is 22.3 Å². The fourth-order valence-corrected chi connectivity index (χ4v) is 3.30. The Kier molecular flexibility index (Phi) is 3.94. The van der Waals surface area contributed by atoms with Crippen LogP contribution in [0.2, 0.25) is 0 Å². The molecular weight excluding hydrogens is 324 g/mol. The predicted molar refractivity (Wildman–Crippen MR) is 101 cm³/mol. The SMILES string of the molecule is Cc1ccc(C2(O)OC(=O)C(c3ccccc3)=C2c2ccccc2)cc1. The molecule has 0 aromatic heterocycles. The molecule has 1 N–H and O–H groups in total. The monoisotopic (exact) mass is 342 g/mol. The standard InChI is InChI=1S/C23H18O3/c1-16-12-14-19(15-13-16)23(25)21(18-10-6-3-7-11-18)20(22(24)26-23)17-8-4-2-5-9-17/h2-15,25H,1H3. The number of hydrogen-bond acceptors (Lipinski definition) is 3. The van der Waals surface area contributed by atoms with Gasteiger partial charge in [0.25, 0.3) is 5.79 Å². The number of rotatable bonds is 3. The minimum Gasteiger partial charge on any atom is -0.421 e. The zero-order chi connectivity index (χ0) is 18.1. The van der Waals surface area contributed by atoms with E-state index in [1.54, 1.807) is 12.1 Å². The van der Waals surface area contributed by atoms with Crippen molar-refractivity contribution in [1.82, 2.24) is 0 Å². The van der Waals surface area contributed by atoms with Crippen molar-refractivity contribution >= 4 is 17.1 Å². The van der Waals surface area contributed by atoms with Crippen LogP contribution in [0.15, 0.2) is 84.9 Å². The van der Waals surface area contributed by atoms with E-state index in [9.17, 15) is 9.90 Å². The normalized spacial score (nSPS) is 19.5. The van der Waals surface area contributed by atoms with Crippen molar-refractivity contribution in [1.29, 1.82) is 0 Å². The van der Waals surface area contributed by atoms with E-state index in [2.05, 4.69) is 0 Å². The number of esters is 1. The zero-order valence-corrected chi connectivity index (χ0v) is 14.3. The zero-order valence-electron chi connectivity index (χ0n) is 14.3. The van der Waals surface area contributed by atoms with Gasteiger partial charge >= 0.3 is 5.97 Å². The Morgan fingerprint density at radius 2 is 1.31 bits per heavy atom. The Morgan fingerprint density at radius 3 is 1.88 bits per heavy atom. The van der Waals surface area contributed by atoms with Crippen LogP contribution in [0.25, 0.3) is 11.1 Å². The number of carbonyl (C=O) groups is 1. The van der Waals surface area contributed by atoms with Gasteiger partial charge < -0.3 is 9.84 Å². The average Bonchev–Trinajstić information content (AvgIpc) is 2.95. The van der Waals surface area contributed by atoms with Gasteiger partial charge in [-0.05, 0) is 18.1 Å². The molecule has 0 amide bonds. The first-order valence-corrected chi connectivity index (χ1v) is 8.48. The molecule has 0 spiro atoms. The first-order valence-electron chi connectivity index (χ1n) is 8.48. The molecule has 0 radical (unpaired) electrons. The maximum Gasteiger partial charge on any atom is 0.342 e. The Labute approximate surface area is 152 Å². The topological polar surface area (TPSA) is 46.5 Å². The van der Waals surface area contributed by atoms with E-state index in [1.807, 2.05) is 79.7 Å². The number of aryl methyl sites for hydroxylation is 1. The van der Waals surface area contributed by atoms with Crippen molar-refractivity contribution in [2.45, 2.75) is 12.7 Å². The highest BCUT2D eigenvalue weighted by Crippen LogP contribution is 2.48. The van der Waals surface area contributed by atoms with Crippen LogP contribution < -0.4 is 0 Å². The van der Waals surface area contributed by atoms with Gasteiger partial charge in [0, 0.05) is 5.56 Å². The lowest BCUT2D eigenvalue weighted by molar-refractivity contribution is -0.178. The van der Waals surface area contributed by atoms with Crippen molar-refractivity contribution in [2.75, 3.05) is 0 Å². The second kappa shape index (κ2) is 6.28. The minimum absolute atomic E-state index is 0.389. The van der Waals surface area contributed by atoms with Crippen LogP contribution in [0.3, 0.4) is 0 Å². The highest BCUT2D eigenvalue weighted by molar-refractivity contribution is 6.28. The predicted octanol–water partition coefficient (Wildman–Crippen LogP) is 4.31. The second-order valence-corrected chi connectivity index (χ2v) is 6.38. The van der Waals surface area contributed by atoms with Gasteiger partial charge in [0.1, 0.15) is 0 Å². The van der Waals surface area contributed by atoms with E-state index >= 15 is 0 Å². The molecular formula is C23H18O3. The number of benzene rings is 3. The van der Waals surface area contributed by atoms with E-state index in [0.717, 1.165) is 16.7 Å². The van der Waals surface area contributed by atoms with E-state index in [1.165, 1.54) is 0 Å². The Bertz CT molecular complexity index is 973. The summed E-state index contributed by atoms with van der Waals surface area (Å²) in [5, 5.41) is 11.5. The third kappa shape index (κ3) is 2.63. The first-order chi connectivity index (χ1) is 12.6. The summed E-state index contributed by atoms with van der Waals surface area (Å²) >= 11 is 0. The summed E-state index contributed by atoms with van der Waals surface area (Å²) < 4.78 is 5.55. The lowest BCUT2D eigenvalue weighted by Gasteiger charge is -2.26. The molecule has 1 unspecified atom stereocenters. The van der Waals surface area contributed by atoms with Crippen molar-refractivity contribution in [2.24, 2.45) is 0 Å². The molecule has 3 heteroatoms. The molecule has 1 aliphatic heterocycles. The number of cyclic esters (lactones) is 1. The minimum atomic E-state index is -1.82. The third-order valence-corrected chi connectivity index (χ3v) is 4.60. The molecule has 128 valence electrons. The molecule has 1 aliphatic rings. The Hall–Kier alpha value is -3.17. The molecule has 4 rings (SSSR count). The number of aliphatic hydroxyl groups is 1. The van der Waals surface area contributed by atoms with Gasteiger partial charge in [0.05, 0.1) is 11.1 Å². The van der Waals surface area contributed by atoms with Gasteiger partial charge in [-0.15, -0.1) is 0 Å². The van der Waals surface area contributed by atoms with Crippen molar-refractivity contribution in [3.63, 3.8) is 0 Å². The summed E-state index contributed by atoms with van der Waals surface area (Å²) in [5.41, 5.74) is 3.93. The van der Waals surface area contributed by atoms with Crippen molar-refractivity contribution in [3.05, 3.63) is 107 Å². The molecule has 3 aromatic rings. The number of ether oxygens (including phenoxy) is 1. The molecule has 0 aliphatic carbocycles. The fraction of sp³-hybridized carbons (Fsp3) is 0.0870. The van der Waals surface area contributed by atoms with E-state index in [0.29, 0.717) is 16.7 Å². The molecule has 0 fully saturated rings. The molecule has 1 atom stereocenters. The number of carbonyl (C=O) groups excluding carboxylic acids is 1. The van der Waals surface area contributed by atoms with Crippen LogP contribution in [0, 0.1) is 6.92 Å². The summed E-state index contributed by atoms with van der Waals surface area (Å²) in [6.45, 7) is 1.97. The van der Waals surface area contributed by atoms with Gasteiger partial charge in [-0.1, -0.05) is 90.5 Å². The fourth-order valence-electron chi connectivity index (χ4n) is 3.30. The van der Waals surface area contributed by atoms with E-state index in [4.69, 9.17) is 4.74 Å². The maximum absolute atomic E-state index is 12.8. The van der Waals surface area contributed by atoms with Crippen LogP contribution in [-0.2, 0) is 15.3 Å². The third-order valence-electron chi connectivity index (χ3n) is 4.60. The van der Waals surface area contributed by atoms with Crippen LogP contribution in [0.5, 0.6) is 0 Å². The van der Waals surface area contributed by atoms with Crippen molar-refractivity contribution in [3.8, 4) is 0 Å². The molecule has 3 aromatic carbocycles. The van der Waals surface area contributed by atoms with Gasteiger partial charge in [0.15, 0.2) is 0 Å². The molecule has 0 bridgehead atoms. The number of hydrogen-bond donors (Lipinski definition) is 1. The first kappa shape index (κ1) is 16.3. The van der Waals surface area contributed by atoms with Gasteiger partial charge in [-0.2, -0.15) is 0 Å². The summed E-state index contributed by atoms with van der Waals surface area (Å²) in [6.07, 6.45) is 0. The molecule has 26 heavy (non-hydrogen) atoms. The Balaban J connectivity index is 2.00. The van der Waals surface area contributed by atoms with E-state index < -0.39 is 11.8 Å². The highest BCUT2D eigenvalue weighted by atomic mass is 16.7. The van der Waals surface area contributed by atoms with Crippen LogP contribution in [0.4, 0.5) is 0 Å². The van der Waals surface area contributed by atoms with Crippen molar-refractivity contribution < 1.29 is 14.6 Å². The molecule has 0 saturated carbocycles. The summed E-state index contributed by atoms with van der Waals surface area (Å²) in [5.74, 6) is -2.35. The summed E-state index contributed by atoms with van der Waals surface area (Å²) in [4.78, 5) is 12.8. The van der Waals surface area contributed by atoms with Gasteiger partial charge in [-0.25, -0.2) is 4.79 Å². The maximum atomic E-state index is 12.8. The van der Waals surface area contributed by atoms with Gasteiger partial charge in [-0.3, -0.25) is 0 Å². The molecule has 3 nitrogen and oxygen atoms in total. The largest absolute Gasteiger partial charge is 0.421 e. The quantitative estimate of drug-likeness (QED) is 0.722. The summed E-state index contributed by atoms with van der Waals surface area (Å²) in [7, 11) is 0. The lowest BCUT2D eigenvalue weighted by Crippen LogP contribution is -2.28. The Morgan fingerprint density at radius 1 is 0.769 bits per heavy atom. The smallest absolute Gasteiger partial charge is 0.342 e. The summed E-state index contributed by atoms with van der Waals surface area (Å²) in [6, 6.07) is 26.1. The van der Waals surface area contributed by atoms with Gasteiger partial charge in [0.2, 0.25) is 0 Å². The molecule has 0 saturated heterocycles. The highest BCUT2D eigenvalue weighted by Gasteiger charge is 2.48. The van der Waals surface area contributed by atoms with Crippen LogP contribution in [-0.4, -0.2) is 11.1 Å². The second-order valence-electron chi connectivity index (χ2n) is 6.38. The molecule has 1 heterocycles. The van der Waals surface area contributed by atoms with E-state index in [-0.39, 0.29) is 0 Å².